The molecule has 0 aliphatic carbocycles. The Kier molecular flexibility index (Phi) is 7.91. The topological polar surface area (TPSA) is 111 Å². The highest BCUT2D eigenvalue weighted by Crippen LogP contribution is 2.24. The summed E-state index contributed by atoms with van der Waals surface area (Å²) in [5.41, 5.74) is 2.95. The third-order valence-electron chi connectivity index (χ3n) is 4.80. The summed E-state index contributed by atoms with van der Waals surface area (Å²) < 4.78 is 38.4. The number of hydrogen-bond acceptors (Lipinski definition) is 6. The van der Waals surface area contributed by atoms with Gasteiger partial charge in [0.15, 0.2) is 6.61 Å². The molecule has 0 radical (unpaired) electrons. The number of aryl methyl sites for hydroxylation is 2. The predicted octanol–water partition coefficient (Wildman–Crippen LogP) is 4.30. The summed E-state index contributed by atoms with van der Waals surface area (Å²) in [6.07, 6.45) is 0. The normalized spacial score (nSPS) is 10.9. The minimum absolute atomic E-state index is 0.0871. The van der Waals surface area contributed by atoms with E-state index >= 15 is 0 Å². The highest BCUT2D eigenvalue weighted by molar-refractivity contribution is 7.92. The van der Waals surface area contributed by atoms with Crippen LogP contribution in [-0.4, -0.2) is 33.5 Å². The molecule has 3 rings (SSSR count). The van der Waals surface area contributed by atoms with Crippen LogP contribution in [0.4, 0.5) is 11.4 Å². The van der Waals surface area contributed by atoms with Gasteiger partial charge >= 0.3 is 5.97 Å². The fourth-order valence-corrected chi connectivity index (χ4v) is 4.17. The van der Waals surface area contributed by atoms with Crippen LogP contribution in [0.25, 0.3) is 0 Å². The summed E-state index contributed by atoms with van der Waals surface area (Å²) >= 11 is 0. The van der Waals surface area contributed by atoms with Crippen molar-refractivity contribution in [3.63, 3.8) is 0 Å². The molecule has 3 aromatic rings. The Labute approximate surface area is 199 Å². The first-order valence-corrected chi connectivity index (χ1v) is 12.1. The van der Waals surface area contributed by atoms with Crippen molar-refractivity contribution < 1.29 is 27.5 Å². The lowest BCUT2D eigenvalue weighted by molar-refractivity contribution is -0.118. The number of sulfonamides is 1. The van der Waals surface area contributed by atoms with Crippen LogP contribution in [0, 0.1) is 13.8 Å². The van der Waals surface area contributed by atoms with Gasteiger partial charge in [0.1, 0.15) is 5.75 Å². The standard InChI is InChI=1S/C25H26N2O6S/c1-4-32-25(29)19-7-11-20(12-8-19)26-24(28)16-33-23-14-13-22(15-18(23)3)34(30,31)27-21-9-5-17(2)6-10-21/h5-15,27H,4,16H2,1-3H3,(H,26,28). The molecule has 8 nitrogen and oxygen atoms in total. The maximum atomic E-state index is 12.7. The average molecular weight is 483 g/mol. The summed E-state index contributed by atoms with van der Waals surface area (Å²) in [4.78, 5) is 24.0. The molecule has 0 aliphatic rings. The van der Waals surface area contributed by atoms with E-state index < -0.39 is 21.9 Å². The summed E-state index contributed by atoms with van der Waals surface area (Å²) in [5.74, 6) is -0.443. The van der Waals surface area contributed by atoms with Crippen LogP contribution in [0.3, 0.4) is 0 Å². The number of esters is 1. The van der Waals surface area contributed by atoms with Crippen molar-refractivity contribution in [2.45, 2.75) is 25.7 Å². The molecule has 3 aromatic carbocycles. The predicted molar refractivity (Wildman–Crippen MR) is 130 cm³/mol. The van der Waals surface area contributed by atoms with E-state index in [9.17, 15) is 18.0 Å². The molecule has 2 N–H and O–H groups in total. The fourth-order valence-electron chi connectivity index (χ4n) is 3.03. The number of amides is 1. The Morgan fingerprint density at radius 3 is 2.15 bits per heavy atom. The number of carbonyl (C=O) groups excluding carboxylic acids is 2. The molecule has 0 fully saturated rings. The Morgan fingerprint density at radius 2 is 1.53 bits per heavy atom. The second kappa shape index (κ2) is 10.8. The zero-order chi connectivity index (χ0) is 24.7. The molecule has 0 aromatic heterocycles. The van der Waals surface area contributed by atoms with Crippen LogP contribution < -0.4 is 14.8 Å². The summed E-state index contributed by atoms with van der Waals surface area (Å²) in [7, 11) is -3.77. The summed E-state index contributed by atoms with van der Waals surface area (Å²) in [5, 5.41) is 2.67. The van der Waals surface area contributed by atoms with Crippen molar-refractivity contribution >= 4 is 33.3 Å². The van der Waals surface area contributed by atoms with Crippen molar-refractivity contribution in [3.05, 3.63) is 83.4 Å². The zero-order valence-electron chi connectivity index (χ0n) is 19.1. The van der Waals surface area contributed by atoms with E-state index in [1.54, 1.807) is 50.2 Å². The van der Waals surface area contributed by atoms with Crippen LogP contribution in [0.1, 0.15) is 28.4 Å². The Balaban J connectivity index is 1.58. The second-order valence-electron chi connectivity index (χ2n) is 7.53. The van der Waals surface area contributed by atoms with Gasteiger partial charge in [-0.3, -0.25) is 9.52 Å². The van der Waals surface area contributed by atoms with E-state index in [1.165, 1.54) is 18.2 Å². The molecule has 0 heterocycles. The quantitative estimate of drug-likeness (QED) is 0.440. The van der Waals surface area contributed by atoms with Gasteiger partial charge in [-0.15, -0.1) is 0 Å². The van der Waals surface area contributed by atoms with Crippen molar-refractivity contribution in [3.8, 4) is 5.75 Å². The highest BCUT2D eigenvalue weighted by Gasteiger charge is 2.16. The van der Waals surface area contributed by atoms with Crippen LogP contribution in [-0.2, 0) is 19.6 Å². The lowest BCUT2D eigenvalue weighted by Crippen LogP contribution is -2.20. The highest BCUT2D eigenvalue weighted by atomic mass is 32.2. The minimum atomic E-state index is -3.77. The van der Waals surface area contributed by atoms with E-state index in [-0.39, 0.29) is 18.1 Å². The number of nitrogens with one attached hydrogen (secondary N) is 2. The van der Waals surface area contributed by atoms with Gasteiger partial charge in [0.05, 0.1) is 17.1 Å². The van der Waals surface area contributed by atoms with Crippen molar-refractivity contribution in [2.24, 2.45) is 0 Å². The molecule has 1 amide bonds. The number of rotatable bonds is 9. The lowest BCUT2D eigenvalue weighted by Gasteiger charge is -2.13. The van der Waals surface area contributed by atoms with Gasteiger partial charge in [0, 0.05) is 11.4 Å². The Bertz CT molecular complexity index is 1270. The van der Waals surface area contributed by atoms with Gasteiger partial charge in [0.2, 0.25) is 0 Å². The van der Waals surface area contributed by atoms with Gasteiger partial charge < -0.3 is 14.8 Å². The van der Waals surface area contributed by atoms with E-state index in [4.69, 9.17) is 9.47 Å². The average Bonchev–Trinajstić information content (AvgIpc) is 2.80. The van der Waals surface area contributed by atoms with Crippen molar-refractivity contribution in [1.29, 1.82) is 0 Å². The van der Waals surface area contributed by atoms with Crippen LogP contribution in [0.2, 0.25) is 0 Å². The molecule has 0 bridgehead atoms. The molecule has 178 valence electrons. The summed E-state index contributed by atoms with van der Waals surface area (Å²) in [6.45, 7) is 5.36. The molecule has 0 unspecified atom stereocenters. The first kappa shape index (κ1) is 24.8. The molecule has 0 saturated carbocycles. The lowest BCUT2D eigenvalue weighted by atomic mass is 10.2. The zero-order valence-corrected chi connectivity index (χ0v) is 19.9. The maximum absolute atomic E-state index is 12.7. The number of ether oxygens (including phenoxy) is 2. The minimum Gasteiger partial charge on any atom is -0.483 e. The number of anilines is 2. The van der Waals surface area contributed by atoms with Gasteiger partial charge in [-0.05, 0) is 80.9 Å². The Hall–Kier alpha value is -3.85. The smallest absolute Gasteiger partial charge is 0.338 e. The third kappa shape index (κ3) is 6.58. The van der Waals surface area contributed by atoms with Crippen LogP contribution >= 0.6 is 0 Å². The van der Waals surface area contributed by atoms with Crippen molar-refractivity contribution in [2.75, 3.05) is 23.3 Å². The van der Waals surface area contributed by atoms with E-state index in [2.05, 4.69) is 10.0 Å². The molecule has 0 aliphatic heterocycles. The van der Waals surface area contributed by atoms with Gasteiger partial charge in [-0.2, -0.15) is 0 Å². The van der Waals surface area contributed by atoms with Gasteiger partial charge in [-0.25, -0.2) is 13.2 Å². The molecular weight excluding hydrogens is 456 g/mol. The van der Waals surface area contributed by atoms with Crippen LogP contribution in [0.5, 0.6) is 5.75 Å². The van der Waals surface area contributed by atoms with E-state index in [0.29, 0.717) is 28.3 Å². The SMILES string of the molecule is CCOC(=O)c1ccc(NC(=O)COc2ccc(S(=O)(=O)Nc3ccc(C)cc3)cc2C)cc1. The van der Waals surface area contributed by atoms with E-state index in [1.807, 2.05) is 19.1 Å². The summed E-state index contributed by atoms with van der Waals surface area (Å²) in [6, 6.07) is 17.8. The molecule has 0 spiro atoms. The maximum Gasteiger partial charge on any atom is 0.338 e. The van der Waals surface area contributed by atoms with Gasteiger partial charge in [-0.1, -0.05) is 17.7 Å². The number of carbonyl (C=O) groups is 2. The van der Waals surface area contributed by atoms with Gasteiger partial charge in [0.25, 0.3) is 15.9 Å². The second-order valence-corrected chi connectivity index (χ2v) is 9.22. The molecule has 0 saturated heterocycles. The first-order chi connectivity index (χ1) is 16.2. The first-order valence-electron chi connectivity index (χ1n) is 10.6. The monoisotopic (exact) mass is 482 g/mol. The number of hydrogen-bond donors (Lipinski definition) is 2. The largest absolute Gasteiger partial charge is 0.483 e. The molecule has 0 atom stereocenters. The fraction of sp³-hybridized carbons (Fsp3) is 0.200. The number of benzene rings is 3. The van der Waals surface area contributed by atoms with Crippen molar-refractivity contribution in [1.82, 2.24) is 0 Å². The molecule has 9 heteroatoms. The van der Waals surface area contributed by atoms with Crippen LogP contribution in [0.15, 0.2) is 71.6 Å². The third-order valence-corrected chi connectivity index (χ3v) is 6.18. The van der Waals surface area contributed by atoms with E-state index in [0.717, 1.165) is 5.56 Å². The molecular formula is C25H26N2O6S. The Morgan fingerprint density at radius 1 is 0.882 bits per heavy atom. The molecule has 34 heavy (non-hydrogen) atoms.